The highest BCUT2D eigenvalue weighted by Gasteiger charge is 2.53. The van der Waals surface area contributed by atoms with E-state index in [1.807, 2.05) is 0 Å². The van der Waals surface area contributed by atoms with Crippen LogP contribution in [0.2, 0.25) is 0 Å². The molecular formula is C11H10F3NO. The molecule has 0 spiro atoms. The molecule has 2 nitrogen and oxygen atoms in total. The number of hydrogen-bond donors (Lipinski definition) is 0. The number of hydrogen-bond acceptors (Lipinski definition) is 2. The third-order valence-electron chi connectivity index (χ3n) is 2.46. The van der Waals surface area contributed by atoms with Crippen molar-refractivity contribution in [1.82, 2.24) is 0 Å². The molecule has 0 aliphatic heterocycles. The maximum Gasteiger partial charge on any atom is 0.410 e. The Hall–Kier alpha value is -1.70. The lowest BCUT2D eigenvalue weighted by atomic mass is 9.83. The van der Waals surface area contributed by atoms with Crippen molar-refractivity contribution in [3.05, 3.63) is 29.8 Å². The van der Waals surface area contributed by atoms with Crippen LogP contribution in [-0.4, -0.2) is 13.3 Å². The standard InChI is InChI=1S/C11H10F3NO/c1-10(7-15,11(12,13)14)8-3-5-9(16-2)6-4-8/h3-6H,1-2H3. The van der Waals surface area contributed by atoms with Gasteiger partial charge in [0.1, 0.15) is 5.75 Å². The quantitative estimate of drug-likeness (QED) is 0.780. The Labute approximate surface area is 91.3 Å². The third-order valence-corrected chi connectivity index (χ3v) is 2.46. The Bertz CT molecular complexity index is 405. The molecule has 0 saturated heterocycles. The number of halogens is 3. The Morgan fingerprint density at radius 2 is 1.69 bits per heavy atom. The molecule has 0 amide bonds. The van der Waals surface area contributed by atoms with Crippen molar-refractivity contribution in [3.63, 3.8) is 0 Å². The van der Waals surface area contributed by atoms with Gasteiger partial charge in [-0.1, -0.05) is 12.1 Å². The summed E-state index contributed by atoms with van der Waals surface area (Å²) in [5.74, 6) is 0.450. The van der Waals surface area contributed by atoms with Gasteiger partial charge in [-0.2, -0.15) is 18.4 Å². The summed E-state index contributed by atoms with van der Waals surface area (Å²) in [6.45, 7) is 0.856. The minimum atomic E-state index is -4.60. The number of nitriles is 1. The number of methoxy groups -OCH3 is 1. The molecule has 16 heavy (non-hydrogen) atoms. The summed E-state index contributed by atoms with van der Waals surface area (Å²) in [4.78, 5) is 0. The SMILES string of the molecule is COc1ccc(C(C)(C#N)C(F)(F)F)cc1. The van der Waals surface area contributed by atoms with E-state index in [2.05, 4.69) is 0 Å². The average Bonchev–Trinajstić information content (AvgIpc) is 2.26. The summed E-state index contributed by atoms with van der Waals surface area (Å²) in [5, 5.41) is 8.70. The summed E-state index contributed by atoms with van der Waals surface area (Å²) in [5.41, 5.74) is -2.58. The van der Waals surface area contributed by atoms with Gasteiger partial charge in [0, 0.05) is 0 Å². The molecule has 0 saturated carbocycles. The van der Waals surface area contributed by atoms with Crippen LogP contribution in [0.3, 0.4) is 0 Å². The second-order valence-electron chi connectivity index (χ2n) is 3.46. The van der Waals surface area contributed by atoms with Crippen molar-refractivity contribution in [2.24, 2.45) is 0 Å². The highest BCUT2D eigenvalue weighted by molar-refractivity contribution is 5.37. The predicted octanol–water partition coefficient (Wildman–Crippen LogP) is 3.04. The number of ether oxygens (including phenoxy) is 1. The zero-order valence-electron chi connectivity index (χ0n) is 8.80. The molecule has 1 atom stereocenters. The van der Waals surface area contributed by atoms with Crippen molar-refractivity contribution in [3.8, 4) is 11.8 Å². The van der Waals surface area contributed by atoms with Gasteiger partial charge in [0.25, 0.3) is 0 Å². The van der Waals surface area contributed by atoms with Crippen LogP contribution in [-0.2, 0) is 5.41 Å². The Morgan fingerprint density at radius 3 is 2.00 bits per heavy atom. The third kappa shape index (κ3) is 1.96. The summed E-state index contributed by atoms with van der Waals surface area (Å²) < 4.78 is 43.0. The van der Waals surface area contributed by atoms with Crippen molar-refractivity contribution in [1.29, 1.82) is 5.26 Å². The van der Waals surface area contributed by atoms with E-state index in [-0.39, 0.29) is 5.56 Å². The van der Waals surface area contributed by atoms with E-state index < -0.39 is 11.6 Å². The van der Waals surface area contributed by atoms with E-state index in [4.69, 9.17) is 10.00 Å². The van der Waals surface area contributed by atoms with Gasteiger partial charge in [0.2, 0.25) is 0 Å². The number of alkyl halides is 3. The number of rotatable bonds is 2. The zero-order chi connectivity index (χ0) is 12.4. The maximum absolute atomic E-state index is 12.7. The molecule has 0 heterocycles. The Kier molecular flexibility index (Phi) is 3.13. The molecule has 0 fully saturated rings. The average molecular weight is 229 g/mol. The fraction of sp³-hybridized carbons (Fsp3) is 0.364. The summed E-state index contributed by atoms with van der Waals surface area (Å²) in [6.07, 6.45) is -4.60. The fourth-order valence-corrected chi connectivity index (χ4v) is 1.22. The monoisotopic (exact) mass is 229 g/mol. The molecule has 0 aliphatic rings. The highest BCUT2D eigenvalue weighted by Crippen LogP contribution is 2.40. The lowest BCUT2D eigenvalue weighted by Crippen LogP contribution is -2.37. The van der Waals surface area contributed by atoms with Crippen molar-refractivity contribution < 1.29 is 17.9 Å². The molecule has 1 aromatic carbocycles. The first-order valence-corrected chi connectivity index (χ1v) is 4.47. The van der Waals surface area contributed by atoms with E-state index in [0.29, 0.717) is 5.75 Å². The molecule has 0 aromatic heterocycles. The van der Waals surface area contributed by atoms with Gasteiger partial charge in [-0.3, -0.25) is 0 Å². The maximum atomic E-state index is 12.7. The van der Waals surface area contributed by atoms with Crippen LogP contribution in [0.4, 0.5) is 13.2 Å². The van der Waals surface area contributed by atoms with E-state index in [0.717, 1.165) is 6.92 Å². The summed E-state index contributed by atoms with van der Waals surface area (Å²) in [7, 11) is 1.42. The fourth-order valence-electron chi connectivity index (χ4n) is 1.22. The first kappa shape index (κ1) is 12.4. The van der Waals surface area contributed by atoms with Crippen LogP contribution in [0.25, 0.3) is 0 Å². The molecule has 0 N–H and O–H groups in total. The minimum Gasteiger partial charge on any atom is -0.497 e. The Balaban J connectivity index is 3.20. The van der Waals surface area contributed by atoms with E-state index in [1.165, 1.54) is 37.4 Å². The van der Waals surface area contributed by atoms with Crippen LogP contribution in [0.5, 0.6) is 5.75 Å². The number of benzene rings is 1. The van der Waals surface area contributed by atoms with Gasteiger partial charge in [0.15, 0.2) is 5.41 Å². The molecule has 0 radical (unpaired) electrons. The van der Waals surface area contributed by atoms with Gasteiger partial charge in [0.05, 0.1) is 13.2 Å². The summed E-state index contributed by atoms with van der Waals surface area (Å²) >= 11 is 0. The van der Waals surface area contributed by atoms with E-state index in [1.54, 1.807) is 0 Å². The molecule has 1 rings (SSSR count). The first-order chi connectivity index (χ1) is 7.35. The topological polar surface area (TPSA) is 33.0 Å². The molecule has 1 aromatic rings. The van der Waals surface area contributed by atoms with Crippen LogP contribution in [0, 0.1) is 11.3 Å². The normalized spacial score (nSPS) is 15.0. The van der Waals surface area contributed by atoms with Crippen LogP contribution >= 0.6 is 0 Å². The lowest BCUT2D eigenvalue weighted by molar-refractivity contribution is -0.168. The van der Waals surface area contributed by atoms with E-state index in [9.17, 15) is 13.2 Å². The molecule has 1 unspecified atom stereocenters. The Morgan fingerprint density at radius 1 is 1.19 bits per heavy atom. The largest absolute Gasteiger partial charge is 0.497 e. The molecule has 0 aliphatic carbocycles. The van der Waals surface area contributed by atoms with Gasteiger partial charge in [-0.15, -0.1) is 0 Å². The van der Waals surface area contributed by atoms with E-state index >= 15 is 0 Å². The van der Waals surface area contributed by atoms with Gasteiger partial charge < -0.3 is 4.74 Å². The zero-order valence-corrected chi connectivity index (χ0v) is 8.80. The van der Waals surface area contributed by atoms with Crippen LogP contribution in [0.15, 0.2) is 24.3 Å². The second kappa shape index (κ2) is 4.05. The van der Waals surface area contributed by atoms with Crippen molar-refractivity contribution in [2.75, 3.05) is 7.11 Å². The van der Waals surface area contributed by atoms with Crippen LogP contribution < -0.4 is 4.74 Å². The minimum absolute atomic E-state index is 0.0942. The smallest absolute Gasteiger partial charge is 0.410 e. The van der Waals surface area contributed by atoms with Crippen molar-refractivity contribution in [2.45, 2.75) is 18.5 Å². The molecule has 5 heteroatoms. The van der Waals surface area contributed by atoms with Crippen molar-refractivity contribution >= 4 is 0 Å². The highest BCUT2D eigenvalue weighted by atomic mass is 19.4. The molecular weight excluding hydrogens is 219 g/mol. The first-order valence-electron chi connectivity index (χ1n) is 4.47. The molecule has 0 bridgehead atoms. The van der Waals surface area contributed by atoms with Gasteiger partial charge in [-0.25, -0.2) is 0 Å². The van der Waals surface area contributed by atoms with Crippen LogP contribution in [0.1, 0.15) is 12.5 Å². The predicted molar refractivity (Wildman–Crippen MR) is 52.0 cm³/mol. The van der Waals surface area contributed by atoms with Gasteiger partial charge in [-0.05, 0) is 24.6 Å². The summed E-state index contributed by atoms with van der Waals surface area (Å²) in [6, 6.07) is 6.60. The number of nitrogens with zero attached hydrogens (tertiary/aromatic N) is 1. The van der Waals surface area contributed by atoms with Gasteiger partial charge >= 0.3 is 6.18 Å². The second-order valence-corrected chi connectivity index (χ2v) is 3.46. The molecule has 86 valence electrons. The lowest BCUT2D eigenvalue weighted by Gasteiger charge is -2.25.